The van der Waals surface area contributed by atoms with Crippen molar-refractivity contribution in [2.45, 2.75) is 0 Å². The molecule has 0 saturated heterocycles. The molecular formula is C60H39N9O6. The second-order valence-corrected chi connectivity index (χ2v) is 18.0. The minimum Gasteiger partial charge on any atom is -0.437 e. The summed E-state index contributed by atoms with van der Waals surface area (Å²) in [5.41, 5.74) is 9.46. The number of fused-ring (bicyclic) bond motifs is 9. The molecule has 13 rings (SSSR count). The molecule has 9 heterocycles. The molecule has 15 heteroatoms. The van der Waals surface area contributed by atoms with E-state index in [9.17, 15) is 14.4 Å². The molecule has 0 saturated carbocycles. The molecule has 4 aromatic carbocycles. The molecule has 3 amide bonds. The van der Waals surface area contributed by atoms with Crippen LogP contribution in [0.15, 0.2) is 196 Å². The number of rotatable bonds is 9. The number of hydrogen-bond acceptors (Lipinski definition) is 12. The molecule has 0 bridgehead atoms. The van der Waals surface area contributed by atoms with Crippen molar-refractivity contribution in [1.29, 1.82) is 0 Å². The number of amides is 3. The van der Waals surface area contributed by atoms with E-state index in [0.29, 0.717) is 68.0 Å². The van der Waals surface area contributed by atoms with Crippen molar-refractivity contribution in [1.82, 2.24) is 29.9 Å². The van der Waals surface area contributed by atoms with Gasteiger partial charge >= 0.3 is 0 Å². The highest BCUT2D eigenvalue weighted by Crippen LogP contribution is 2.38. The van der Waals surface area contributed by atoms with E-state index >= 15 is 0 Å². The number of anilines is 3. The van der Waals surface area contributed by atoms with E-state index in [1.807, 2.05) is 109 Å². The molecule has 360 valence electrons. The fraction of sp³-hybridized carbons (Fsp3) is 0.0500. The quantitative estimate of drug-likeness (QED) is 0.134. The highest BCUT2D eigenvalue weighted by molar-refractivity contribution is 6.15. The molecule has 0 spiro atoms. The number of carbonyl (C=O) groups excluding carboxylic acids is 3. The first-order chi connectivity index (χ1) is 36.7. The maximum absolute atomic E-state index is 14.6. The van der Waals surface area contributed by atoms with Gasteiger partial charge in [-0.1, -0.05) is 36.4 Å². The van der Waals surface area contributed by atoms with Crippen LogP contribution in [0.25, 0.3) is 100.0 Å². The van der Waals surface area contributed by atoms with Crippen LogP contribution in [0, 0.1) is 0 Å². The molecular weight excluding hydrogens is 943 g/mol. The Kier molecular flexibility index (Phi) is 10.5. The van der Waals surface area contributed by atoms with Crippen molar-refractivity contribution in [2.24, 2.45) is 0 Å². The van der Waals surface area contributed by atoms with Crippen LogP contribution in [0.1, 0.15) is 31.1 Å². The molecule has 15 nitrogen and oxygen atoms in total. The Morgan fingerprint density at radius 3 is 0.920 bits per heavy atom. The fourth-order valence-corrected chi connectivity index (χ4v) is 9.67. The van der Waals surface area contributed by atoms with Crippen molar-refractivity contribution in [3.63, 3.8) is 0 Å². The van der Waals surface area contributed by atoms with E-state index < -0.39 is 17.7 Å². The smallest absolute Gasteiger partial charge is 0.258 e. The highest BCUT2D eigenvalue weighted by Gasteiger charge is 2.25. The standard InChI is InChI=1S/C60H39N9O6/c1-67(37-19-22-49(64-31-37)46-13-4-10-40-43-16-7-25-61-55(43)73-52(40)46)58(70)34-28-35(59(71)68(2)38-20-23-50(65-32-38)47-14-5-11-41-44-17-8-26-62-56(44)74-53(41)47)30-36(29-34)60(72)69(3)39-21-24-51(66-33-39)48-15-6-12-42-45-18-9-27-63-57(45)75-54(42)48/h4-33H,1-3H3. The van der Waals surface area contributed by atoms with Gasteiger partial charge in [-0.25, -0.2) is 15.0 Å². The lowest BCUT2D eigenvalue weighted by Gasteiger charge is -2.22. The van der Waals surface area contributed by atoms with E-state index in [1.165, 1.54) is 32.9 Å². The first-order valence-electron chi connectivity index (χ1n) is 23.8. The minimum atomic E-state index is -0.481. The van der Waals surface area contributed by atoms with E-state index in [4.69, 9.17) is 28.2 Å². The molecule has 75 heavy (non-hydrogen) atoms. The van der Waals surface area contributed by atoms with Gasteiger partial charge in [0, 0.05) is 105 Å². The summed E-state index contributed by atoms with van der Waals surface area (Å²) in [5, 5.41) is 5.43. The van der Waals surface area contributed by atoms with Crippen molar-refractivity contribution >= 4 is 101 Å². The molecule has 0 unspecified atom stereocenters. The molecule has 0 fully saturated rings. The molecule has 0 N–H and O–H groups in total. The Hall–Kier alpha value is -10.4. The van der Waals surface area contributed by atoms with Gasteiger partial charge in [0.15, 0.2) is 0 Å². The summed E-state index contributed by atoms with van der Waals surface area (Å²) < 4.78 is 18.5. The molecule has 0 aliphatic rings. The zero-order valence-electron chi connectivity index (χ0n) is 40.3. The van der Waals surface area contributed by atoms with Crippen LogP contribution in [-0.2, 0) is 0 Å². The van der Waals surface area contributed by atoms with E-state index in [2.05, 4.69) is 15.0 Å². The number of hydrogen-bond donors (Lipinski definition) is 0. The topological polar surface area (TPSA) is 178 Å². The fourth-order valence-electron chi connectivity index (χ4n) is 9.67. The number of furan rings is 3. The Labute approximate surface area is 426 Å². The third kappa shape index (κ3) is 7.56. The SMILES string of the molecule is CN(C(=O)c1cc(C(=O)N(C)c2ccc(-c3cccc4c3oc3ncccc34)nc2)cc(C(=O)N(C)c2ccc(-c3cccc4c3oc3ncccc34)nc2)c1)c1ccc(-c2cccc3c2oc2ncccc23)nc1. The van der Waals surface area contributed by atoms with Crippen molar-refractivity contribution in [2.75, 3.05) is 35.8 Å². The van der Waals surface area contributed by atoms with Gasteiger partial charge in [-0.3, -0.25) is 29.3 Å². The Morgan fingerprint density at radius 1 is 0.347 bits per heavy atom. The van der Waals surface area contributed by atoms with Crippen LogP contribution in [-0.4, -0.2) is 68.8 Å². The van der Waals surface area contributed by atoms with Gasteiger partial charge in [0.1, 0.15) is 16.7 Å². The molecule has 0 aliphatic heterocycles. The Morgan fingerprint density at radius 2 is 0.640 bits per heavy atom. The molecule has 0 radical (unpaired) electrons. The minimum absolute atomic E-state index is 0.0981. The molecule has 0 aliphatic carbocycles. The van der Waals surface area contributed by atoms with Gasteiger partial charge in [0.25, 0.3) is 17.7 Å². The monoisotopic (exact) mass is 981 g/mol. The number of benzene rings is 4. The Bertz CT molecular complexity index is 3970. The van der Waals surface area contributed by atoms with E-state index in [0.717, 1.165) is 49.0 Å². The largest absolute Gasteiger partial charge is 0.437 e. The molecule has 0 atom stereocenters. The highest BCUT2D eigenvalue weighted by atomic mass is 16.3. The van der Waals surface area contributed by atoms with E-state index in [1.54, 1.807) is 76.5 Å². The summed E-state index contributed by atoms with van der Waals surface area (Å²) in [6, 6.07) is 44.3. The summed E-state index contributed by atoms with van der Waals surface area (Å²) in [5.74, 6) is -1.44. The van der Waals surface area contributed by atoms with Gasteiger partial charge in [0.05, 0.1) is 52.7 Å². The average molecular weight is 982 g/mol. The zero-order chi connectivity index (χ0) is 50.9. The average Bonchev–Trinajstić information content (AvgIpc) is 4.18. The van der Waals surface area contributed by atoms with Crippen LogP contribution >= 0.6 is 0 Å². The summed E-state index contributed by atoms with van der Waals surface area (Å²) in [7, 11) is 4.85. The van der Waals surface area contributed by atoms with Crippen molar-refractivity contribution in [3.8, 4) is 33.8 Å². The third-order valence-electron chi connectivity index (χ3n) is 13.6. The van der Waals surface area contributed by atoms with Crippen LogP contribution < -0.4 is 14.7 Å². The van der Waals surface area contributed by atoms with Crippen LogP contribution in [0.2, 0.25) is 0 Å². The molecule has 13 aromatic rings. The number of carbonyl (C=O) groups is 3. The lowest BCUT2D eigenvalue weighted by Crippen LogP contribution is -2.31. The zero-order valence-corrected chi connectivity index (χ0v) is 40.3. The van der Waals surface area contributed by atoms with Crippen molar-refractivity contribution in [3.05, 3.63) is 199 Å². The maximum atomic E-state index is 14.6. The number of pyridine rings is 6. The van der Waals surface area contributed by atoms with Crippen LogP contribution in [0.3, 0.4) is 0 Å². The van der Waals surface area contributed by atoms with Crippen molar-refractivity contribution < 1.29 is 27.6 Å². The van der Waals surface area contributed by atoms with E-state index in [-0.39, 0.29) is 16.7 Å². The van der Waals surface area contributed by atoms with Crippen LogP contribution in [0.4, 0.5) is 17.1 Å². The first kappa shape index (κ1) is 44.5. The summed E-state index contributed by atoms with van der Waals surface area (Å²) in [6.45, 7) is 0. The van der Waals surface area contributed by atoms with Gasteiger partial charge in [-0.05, 0) is 109 Å². The van der Waals surface area contributed by atoms with Crippen LogP contribution in [0.5, 0.6) is 0 Å². The van der Waals surface area contributed by atoms with Gasteiger partial charge < -0.3 is 28.0 Å². The lowest BCUT2D eigenvalue weighted by molar-refractivity contribution is 0.0992. The Balaban J connectivity index is 0.818. The third-order valence-corrected chi connectivity index (χ3v) is 13.6. The first-order valence-corrected chi connectivity index (χ1v) is 23.8. The predicted octanol–water partition coefficient (Wildman–Crippen LogP) is 12.6. The maximum Gasteiger partial charge on any atom is 0.258 e. The normalized spacial score (nSPS) is 11.6. The van der Waals surface area contributed by atoms with Gasteiger partial charge in [0.2, 0.25) is 17.1 Å². The second-order valence-electron chi connectivity index (χ2n) is 18.0. The second kappa shape index (κ2) is 17.7. The summed E-state index contributed by atoms with van der Waals surface area (Å²) in [4.78, 5) is 75.6. The predicted molar refractivity (Wildman–Crippen MR) is 289 cm³/mol. The number of aromatic nitrogens is 6. The van der Waals surface area contributed by atoms with Gasteiger partial charge in [-0.15, -0.1) is 0 Å². The summed E-state index contributed by atoms with van der Waals surface area (Å²) in [6.07, 6.45) is 9.85. The summed E-state index contributed by atoms with van der Waals surface area (Å²) >= 11 is 0. The molecule has 9 aromatic heterocycles. The number of nitrogens with zero attached hydrogens (tertiary/aromatic N) is 9. The van der Waals surface area contributed by atoms with Gasteiger partial charge in [-0.2, -0.15) is 0 Å². The lowest BCUT2D eigenvalue weighted by atomic mass is 10.0. The number of para-hydroxylation sites is 3.